The van der Waals surface area contributed by atoms with Gasteiger partial charge in [0.2, 0.25) is 5.91 Å². The Morgan fingerprint density at radius 3 is 2.65 bits per heavy atom. The first kappa shape index (κ1) is 15.8. The molecule has 0 bridgehead atoms. The minimum absolute atomic E-state index is 0.188. The number of nitrogens with zero attached hydrogens (tertiary/aromatic N) is 1. The van der Waals surface area contributed by atoms with Gasteiger partial charge in [0.1, 0.15) is 11.9 Å². The van der Waals surface area contributed by atoms with Crippen molar-refractivity contribution < 1.29 is 24.0 Å². The molecule has 1 amide bonds. The Kier molecular flexibility index (Phi) is 4.98. The molecular formula is C11H10ClFN2O5. The highest BCUT2D eigenvalue weighted by atomic mass is 35.5. The van der Waals surface area contributed by atoms with E-state index in [1.54, 1.807) is 0 Å². The first-order chi connectivity index (χ1) is 9.22. The number of hydrogen-bond donors (Lipinski definition) is 2. The van der Waals surface area contributed by atoms with Gasteiger partial charge in [0.15, 0.2) is 0 Å². The lowest BCUT2D eigenvalue weighted by molar-refractivity contribution is -0.385. The maximum Gasteiger partial charge on any atom is 0.325 e. The molecule has 0 saturated carbocycles. The van der Waals surface area contributed by atoms with E-state index in [9.17, 15) is 24.1 Å². The maximum atomic E-state index is 13.3. The number of aliphatic carboxylic acids is 1. The molecule has 0 heterocycles. The van der Waals surface area contributed by atoms with E-state index in [2.05, 4.69) is 5.32 Å². The van der Waals surface area contributed by atoms with Crippen LogP contribution in [0.2, 0.25) is 5.02 Å². The summed E-state index contributed by atoms with van der Waals surface area (Å²) in [5.41, 5.74) is -0.693. The number of carbonyl (C=O) groups is 2. The van der Waals surface area contributed by atoms with Gasteiger partial charge in [-0.15, -0.1) is 0 Å². The Morgan fingerprint density at radius 1 is 1.55 bits per heavy atom. The smallest absolute Gasteiger partial charge is 0.325 e. The van der Waals surface area contributed by atoms with Crippen molar-refractivity contribution in [3.63, 3.8) is 0 Å². The van der Waals surface area contributed by atoms with Crippen molar-refractivity contribution in [2.24, 2.45) is 0 Å². The van der Waals surface area contributed by atoms with E-state index < -0.39 is 45.8 Å². The van der Waals surface area contributed by atoms with E-state index in [1.165, 1.54) is 6.92 Å². The highest BCUT2D eigenvalue weighted by molar-refractivity contribution is 6.31. The fourth-order valence-corrected chi connectivity index (χ4v) is 1.57. The van der Waals surface area contributed by atoms with Gasteiger partial charge in [-0.25, -0.2) is 4.39 Å². The third-order valence-electron chi connectivity index (χ3n) is 2.42. The molecule has 1 atom stereocenters. The monoisotopic (exact) mass is 304 g/mol. The first-order valence-corrected chi connectivity index (χ1v) is 5.74. The number of nitrogens with one attached hydrogen (secondary N) is 1. The predicted molar refractivity (Wildman–Crippen MR) is 67.0 cm³/mol. The number of amides is 1. The number of halogens is 2. The summed E-state index contributed by atoms with van der Waals surface area (Å²) in [5, 5.41) is 21.1. The van der Waals surface area contributed by atoms with Gasteiger partial charge in [0.25, 0.3) is 5.69 Å². The topological polar surface area (TPSA) is 110 Å². The number of carboxylic acids is 1. The van der Waals surface area contributed by atoms with Crippen molar-refractivity contribution in [2.75, 3.05) is 0 Å². The summed E-state index contributed by atoms with van der Waals surface area (Å²) >= 11 is 5.43. The number of benzene rings is 1. The van der Waals surface area contributed by atoms with Gasteiger partial charge in [-0.05, 0) is 13.0 Å². The molecule has 108 valence electrons. The van der Waals surface area contributed by atoms with Crippen LogP contribution in [0.4, 0.5) is 10.1 Å². The Hall–Kier alpha value is -2.22. The minimum atomic E-state index is -1.25. The van der Waals surface area contributed by atoms with Gasteiger partial charge >= 0.3 is 5.97 Å². The van der Waals surface area contributed by atoms with Crippen molar-refractivity contribution in [1.29, 1.82) is 0 Å². The summed E-state index contributed by atoms with van der Waals surface area (Å²) in [7, 11) is 0. The van der Waals surface area contributed by atoms with Crippen LogP contribution in [0.1, 0.15) is 12.5 Å². The van der Waals surface area contributed by atoms with Crippen molar-refractivity contribution in [3.8, 4) is 0 Å². The lowest BCUT2D eigenvalue weighted by Gasteiger charge is -2.09. The lowest BCUT2D eigenvalue weighted by Crippen LogP contribution is -2.39. The molecule has 9 heteroatoms. The second kappa shape index (κ2) is 6.29. The van der Waals surface area contributed by atoms with Crippen LogP contribution in [0.15, 0.2) is 12.1 Å². The van der Waals surface area contributed by atoms with Crippen LogP contribution in [-0.4, -0.2) is 27.9 Å². The number of nitro groups is 1. The average molecular weight is 305 g/mol. The van der Waals surface area contributed by atoms with E-state index in [0.717, 1.165) is 12.1 Å². The molecule has 0 aliphatic heterocycles. The van der Waals surface area contributed by atoms with E-state index in [4.69, 9.17) is 16.7 Å². The quantitative estimate of drug-likeness (QED) is 0.633. The molecule has 1 rings (SSSR count). The number of rotatable bonds is 5. The fourth-order valence-electron chi connectivity index (χ4n) is 1.42. The molecule has 20 heavy (non-hydrogen) atoms. The molecule has 1 aromatic carbocycles. The number of carbonyl (C=O) groups excluding carboxylic acids is 1. The zero-order valence-electron chi connectivity index (χ0n) is 10.2. The largest absolute Gasteiger partial charge is 0.480 e. The number of nitro benzene ring substituents is 1. The van der Waals surface area contributed by atoms with Crippen LogP contribution >= 0.6 is 11.6 Å². The van der Waals surface area contributed by atoms with Crippen LogP contribution in [0, 0.1) is 15.9 Å². The lowest BCUT2D eigenvalue weighted by atomic mass is 10.1. The summed E-state index contributed by atoms with van der Waals surface area (Å²) in [5.74, 6) is -2.92. The molecule has 0 fully saturated rings. The minimum Gasteiger partial charge on any atom is -0.480 e. The van der Waals surface area contributed by atoms with Crippen molar-refractivity contribution in [2.45, 2.75) is 19.4 Å². The molecule has 1 aromatic rings. The fraction of sp³-hybridized carbons (Fsp3) is 0.273. The molecule has 0 aliphatic rings. The van der Waals surface area contributed by atoms with Gasteiger partial charge in [-0.3, -0.25) is 19.7 Å². The van der Waals surface area contributed by atoms with E-state index in [-0.39, 0.29) is 5.56 Å². The Morgan fingerprint density at radius 2 is 2.15 bits per heavy atom. The third kappa shape index (κ3) is 3.89. The van der Waals surface area contributed by atoms with Crippen LogP contribution in [0.25, 0.3) is 0 Å². The van der Waals surface area contributed by atoms with Gasteiger partial charge in [0, 0.05) is 11.6 Å². The van der Waals surface area contributed by atoms with Crippen molar-refractivity contribution in [3.05, 3.63) is 38.7 Å². The van der Waals surface area contributed by atoms with E-state index in [1.807, 2.05) is 0 Å². The number of hydrogen-bond acceptors (Lipinski definition) is 4. The zero-order valence-corrected chi connectivity index (χ0v) is 11.0. The van der Waals surface area contributed by atoms with Crippen LogP contribution < -0.4 is 5.32 Å². The summed E-state index contributed by atoms with van der Waals surface area (Å²) in [4.78, 5) is 32.1. The second-order valence-electron chi connectivity index (χ2n) is 3.96. The molecule has 0 aromatic heterocycles. The summed E-state index contributed by atoms with van der Waals surface area (Å²) < 4.78 is 13.3. The normalized spacial score (nSPS) is 11.8. The van der Waals surface area contributed by atoms with Gasteiger partial charge in [-0.1, -0.05) is 11.6 Å². The van der Waals surface area contributed by atoms with Crippen LogP contribution in [0.3, 0.4) is 0 Å². The Labute approximate surface area is 117 Å². The Balaban J connectivity index is 2.97. The molecule has 0 radical (unpaired) electrons. The van der Waals surface area contributed by atoms with E-state index >= 15 is 0 Å². The summed E-state index contributed by atoms with van der Waals surface area (Å²) in [6.45, 7) is 1.23. The van der Waals surface area contributed by atoms with Crippen LogP contribution in [-0.2, 0) is 16.0 Å². The maximum absolute atomic E-state index is 13.3. The predicted octanol–water partition coefficient (Wildman–Crippen LogP) is 1.52. The molecular weight excluding hydrogens is 295 g/mol. The molecule has 7 nitrogen and oxygen atoms in total. The molecule has 0 unspecified atom stereocenters. The molecule has 0 saturated heterocycles. The molecule has 0 aliphatic carbocycles. The standard InChI is InChI=1S/C11H10ClFN2O5/c1-5(11(17)18)14-10(16)3-6-2-8(13)7(12)4-9(6)15(19)20/h2,4-5H,3H2,1H3,(H,14,16)(H,17,18)/t5-/m1/s1. The highest BCUT2D eigenvalue weighted by Gasteiger charge is 2.21. The summed E-state index contributed by atoms with van der Waals surface area (Å²) in [6, 6.07) is 0.435. The molecule has 0 spiro atoms. The van der Waals surface area contributed by atoms with Crippen molar-refractivity contribution >= 4 is 29.2 Å². The van der Waals surface area contributed by atoms with Gasteiger partial charge in [-0.2, -0.15) is 0 Å². The summed E-state index contributed by atoms with van der Waals surface area (Å²) in [6.07, 6.45) is -0.526. The number of carboxylic acid groups (broad SMARTS) is 1. The average Bonchev–Trinajstić information content (AvgIpc) is 2.32. The molecule has 2 N–H and O–H groups in total. The second-order valence-corrected chi connectivity index (χ2v) is 4.36. The zero-order chi connectivity index (χ0) is 15.4. The van der Waals surface area contributed by atoms with Crippen molar-refractivity contribution in [1.82, 2.24) is 5.32 Å². The van der Waals surface area contributed by atoms with E-state index in [0.29, 0.717) is 0 Å². The highest BCUT2D eigenvalue weighted by Crippen LogP contribution is 2.26. The SMILES string of the molecule is C[C@@H](NC(=O)Cc1cc(F)c(Cl)cc1[N+](=O)[O-])C(=O)O. The first-order valence-electron chi connectivity index (χ1n) is 5.37. The van der Waals surface area contributed by atoms with Crippen LogP contribution in [0.5, 0.6) is 0 Å². The van der Waals surface area contributed by atoms with Gasteiger partial charge < -0.3 is 10.4 Å². The Bertz CT molecular complexity index is 578. The third-order valence-corrected chi connectivity index (χ3v) is 2.71. The van der Waals surface area contributed by atoms with Gasteiger partial charge in [0.05, 0.1) is 16.4 Å².